The third kappa shape index (κ3) is 4.83. The monoisotopic (exact) mass is 357 g/mol. The van der Waals surface area contributed by atoms with Gasteiger partial charge in [-0.25, -0.2) is 0 Å². The lowest BCUT2D eigenvalue weighted by Gasteiger charge is -2.10. The molecule has 0 fully saturated rings. The number of thioether (sulfide) groups is 1. The van der Waals surface area contributed by atoms with Crippen molar-refractivity contribution in [2.45, 2.75) is 16.8 Å². The Labute approximate surface area is 118 Å². The molecule has 0 bridgehead atoms. The Morgan fingerprint density at radius 3 is 2.53 bits per heavy atom. The molecule has 0 radical (unpaired) electrons. The number of halogens is 4. The van der Waals surface area contributed by atoms with Crippen LogP contribution < -0.4 is 0 Å². The van der Waals surface area contributed by atoms with Crippen LogP contribution >= 0.6 is 27.7 Å². The molecule has 104 valence electrons. The summed E-state index contributed by atoms with van der Waals surface area (Å²) in [5, 5.41) is 10.7. The van der Waals surface area contributed by atoms with Crippen molar-refractivity contribution in [3.05, 3.63) is 33.9 Å². The van der Waals surface area contributed by atoms with Gasteiger partial charge in [0, 0.05) is 17.4 Å². The number of benzene rings is 1. The average molecular weight is 358 g/mol. The highest BCUT2D eigenvalue weighted by molar-refractivity contribution is 9.09. The second-order valence-electron chi connectivity index (χ2n) is 3.41. The first kappa shape index (κ1) is 16.0. The molecule has 4 nitrogen and oxygen atoms in total. The van der Waals surface area contributed by atoms with Crippen LogP contribution in [0.4, 0.5) is 18.9 Å². The molecule has 0 aliphatic rings. The second kappa shape index (κ2) is 6.38. The molecule has 0 spiro atoms. The Kier molecular flexibility index (Phi) is 5.36. The van der Waals surface area contributed by atoms with Gasteiger partial charge in [-0.2, -0.15) is 13.2 Å². The first-order valence-corrected chi connectivity index (χ1v) is 6.78. The molecule has 1 aromatic carbocycles. The molecule has 0 atom stereocenters. The van der Waals surface area contributed by atoms with Gasteiger partial charge in [0.15, 0.2) is 0 Å². The molecule has 0 aliphatic heterocycles. The number of nitro benzene ring substituents is 1. The molecule has 0 saturated heterocycles. The van der Waals surface area contributed by atoms with Crippen LogP contribution in [-0.4, -0.2) is 21.5 Å². The van der Waals surface area contributed by atoms with Gasteiger partial charge in [0.05, 0.1) is 15.8 Å². The van der Waals surface area contributed by atoms with Gasteiger partial charge in [-0.15, -0.1) is 0 Å². The molecule has 0 N–H and O–H groups in total. The van der Waals surface area contributed by atoms with Crippen LogP contribution in [-0.2, 0) is 11.2 Å². The quantitative estimate of drug-likeness (QED) is 0.348. The van der Waals surface area contributed by atoms with Gasteiger partial charge in [0.1, 0.15) is 5.78 Å². The number of rotatable bonds is 5. The Hall–Kier alpha value is -1.09. The van der Waals surface area contributed by atoms with E-state index >= 15 is 0 Å². The fourth-order valence-corrected chi connectivity index (χ4v) is 2.26. The molecular formula is C10H7BrF3NO3S. The van der Waals surface area contributed by atoms with Crippen LogP contribution in [0.1, 0.15) is 5.56 Å². The topological polar surface area (TPSA) is 60.2 Å². The molecule has 0 amide bonds. The summed E-state index contributed by atoms with van der Waals surface area (Å²) in [4.78, 5) is 21.0. The van der Waals surface area contributed by atoms with E-state index in [1.165, 1.54) is 0 Å². The molecule has 19 heavy (non-hydrogen) atoms. The van der Waals surface area contributed by atoms with E-state index in [2.05, 4.69) is 15.9 Å². The van der Waals surface area contributed by atoms with Gasteiger partial charge in [-0.1, -0.05) is 22.0 Å². The molecule has 1 rings (SSSR count). The summed E-state index contributed by atoms with van der Waals surface area (Å²) in [6, 6.07) is 3.35. The van der Waals surface area contributed by atoms with Gasteiger partial charge < -0.3 is 0 Å². The normalized spacial score (nSPS) is 11.4. The summed E-state index contributed by atoms with van der Waals surface area (Å²) < 4.78 is 37.1. The second-order valence-corrected chi connectivity index (χ2v) is 5.08. The number of nitrogens with zero attached hydrogens (tertiary/aromatic N) is 1. The SMILES string of the molecule is O=C(CBr)Cc1c(SC(F)(F)F)cccc1[N+](=O)[O-]. The molecule has 1 aromatic rings. The van der Waals surface area contributed by atoms with Crippen molar-refractivity contribution in [2.75, 3.05) is 5.33 Å². The number of ketones is 1. The summed E-state index contributed by atoms with van der Waals surface area (Å²) in [6.07, 6.45) is -0.416. The van der Waals surface area contributed by atoms with Crippen molar-refractivity contribution in [1.82, 2.24) is 0 Å². The Morgan fingerprint density at radius 1 is 1.42 bits per heavy atom. The highest BCUT2D eigenvalue weighted by Gasteiger charge is 2.32. The third-order valence-corrected chi connectivity index (χ3v) is 3.51. The van der Waals surface area contributed by atoms with Gasteiger partial charge >= 0.3 is 5.51 Å². The molecule has 0 aliphatic carbocycles. The number of hydrogen-bond acceptors (Lipinski definition) is 4. The molecule has 0 heterocycles. The number of nitro groups is 1. The van der Waals surface area contributed by atoms with Crippen LogP contribution in [0.5, 0.6) is 0 Å². The Morgan fingerprint density at radius 2 is 2.05 bits per heavy atom. The van der Waals surface area contributed by atoms with Crippen molar-refractivity contribution in [2.24, 2.45) is 0 Å². The van der Waals surface area contributed by atoms with E-state index in [1.807, 2.05) is 0 Å². The predicted molar refractivity (Wildman–Crippen MR) is 67.5 cm³/mol. The van der Waals surface area contributed by atoms with Crippen LogP contribution in [0, 0.1) is 10.1 Å². The summed E-state index contributed by atoms with van der Waals surface area (Å²) in [5.74, 6) is -0.432. The van der Waals surface area contributed by atoms with Crippen molar-refractivity contribution >= 4 is 39.2 Å². The highest BCUT2D eigenvalue weighted by Crippen LogP contribution is 2.41. The molecular weight excluding hydrogens is 351 g/mol. The van der Waals surface area contributed by atoms with Gasteiger partial charge in [-0.3, -0.25) is 14.9 Å². The van der Waals surface area contributed by atoms with E-state index in [-0.39, 0.29) is 15.8 Å². The first-order chi connectivity index (χ1) is 8.74. The lowest BCUT2D eigenvalue weighted by molar-refractivity contribution is -0.385. The highest BCUT2D eigenvalue weighted by atomic mass is 79.9. The van der Waals surface area contributed by atoms with Crippen molar-refractivity contribution in [3.8, 4) is 0 Å². The summed E-state index contributed by atoms with van der Waals surface area (Å²) in [7, 11) is 0. The number of hydrogen-bond donors (Lipinski definition) is 0. The Balaban J connectivity index is 3.25. The average Bonchev–Trinajstić information content (AvgIpc) is 2.28. The molecule has 0 aromatic heterocycles. The minimum atomic E-state index is -4.57. The maximum Gasteiger partial charge on any atom is 0.446 e. The molecule has 0 saturated carbocycles. The summed E-state index contributed by atoms with van der Waals surface area (Å²) >= 11 is 2.41. The third-order valence-electron chi connectivity index (χ3n) is 2.05. The van der Waals surface area contributed by atoms with Gasteiger partial charge in [-0.05, 0) is 17.8 Å². The van der Waals surface area contributed by atoms with E-state index in [9.17, 15) is 28.1 Å². The van der Waals surface area contributed by atoms with E-state index in [0.717, 1.165) is 18.2 Å². The first-order valence-electron chi connectivity index (χ1n) is 4.84. The van der Waals surface area contributed by atoms with Crippen LogP contribution in [0.15, 0.2) is 23.1 Å². The number of carbonyl (C=O) groups excluding carboxylic acids is 1. The van der Waals surface area contributed by atoms with Crippen LogP contribution in [0.25, 0.3) is 0 Å². The Bertz CT molecular complexity index is 507. The predicted octanol–water partition coefficient (Wildman–Crippen LogP) is 3.71. The zero-order valence-electron chi connectivity index (χ0n) is 9.24. The molecule has 0 unspecified atom stereocenters. The molecule has 9 heteroatoms. The van der Waals surface area contributed by atoms with Crippen LogP contribution in [0.3, 0.4) is 0 Å². The summed E-state index contributed by atoms with van der Waals surface area (Å²) in [6.45, 7) is 0. The zero-order chi connectivity index (χ0) is 14.6. The maximum atomic E-state index is 12.4. The summed E-state index contributed by atoms with van der Waals surface area (Å²) in [5.41, 5.74) is -5.26. The fourth-order valence-electron chi connectivity index (χ4n) is 1.37. The lowest BCUT2D eigenvalue weighted by Crippen LogP contribution is -2.09. The van der Waals surface area contributed by atoms with E-state index in [1.54, 1.807) is 0 Å². The van der Waals surface area contributed by atoms with Crippen molar-refractivity contribution in [3.63, 3.8) is 0 Å². The van der Waals surface area contributed by atoms with Gasteiger partial charge in [0.25, 0.3) is 5.69 Å². The maximum absolute atomic E-state index is 12.4. The number of alkyl halides is 4. The van der Waals surface area contributed by atoms with Crippen molar-refractivity contribution in [1.29, 1.82) is 0 Å². The van der Waals surface area contributed by atoms with Crippen molar-refractivity contribution < 1.29 is 22.9 Å². The van der Waals surface area contributed by atoms with E-state index < -0.39 is 40.1 Å². The fraction of sp³-hybridized carbons (Fsp3) is 0.300. The minimum absolute atomic E-state index is 0.0742. The smallest absolute Gasteiger partial charge is 0.298 e. The lowest BCUT2D eigenvalue weighted by atomic mass is 10.1. The largest absolute Gasteiger partial charge is 0.446 e. The standard InChI is InChI=1S/C10H7BrF3NO3S/c11-5-6(16)4-7-8(15(17)18)2-1-3-9(7)19-10(12,13)14/h1-3H,4-5H2. The number of carbonyl (C=O) groups is 1. The van der Waals surface area contributed by atoms with E-state index in [4.69, 9.17) is 0 Å². The zero-order valence-corrected chi connectivity index (χ0v) is 11.6. The number of Topliss-reactive ketones (excluding diaryl/α,β-unsaturated/α-hetero) is 1. The van der Waals surface area contributed by atoms with E-state index in [0.29, 0.717) is 0 Å². The minimum Gasteiger partial charge on any atom is -0.298 e. The van der Waals surface area contributed by atoms with Gasteiger partial charge in [0.2, 0.25) is 0 Å². The van der Waals surface area contributed by atoms with Crippen LogP contribution in [0.2, 0.25) is 0 Å².